The van der Waals surface area contributed by atoms with Crippen LogP contribution >= 0.6 is 11.3 Å². The van der Waals surface area contributed by atoms with Crippen molar-refractivity contribution in [2.24, 2.45) is 0 Å². The lowest BCUT2D eigenvalue weighted by molar-refractivity contribution is -0.131. The van der Waals surface area contributed by atoms with Crippen LogP contribution in [0.1, 0.15) is 24.3 Å². The topological polar surface area (TPSA) is 61.8 Å². The van der Waals surface area contributed by atoms with Crippen molar-refractivity contribution in [3.05, 3.63) is 22.4 Å². The van der Waals surface area contributed by atoms with Crippen LogP contribution in [0, 0.1) is 0 Å². The van der Waals surface area contributed by atoms with Gasteiger partial charge < -0.3 is 15.2 Å². The van der Waals surface area contributed by atoms with Gasteiger partial charge in [-0.3, -0.25) is 9.69 Å². The highest BCUT2D eigenvalue weighted by Crippen LogP contribution is 2.37. The molecule has 1 fully saturated rings. The summed E-state index contributed by atoms with van der Waals surface area (Å²) in [4.78, 5) is 15.2. The standard InChI is InChI=1S/C14H22N2O3S/c1-14(18)6-7-16(2)12(10-5-4-8-20-10)13(14)15-11(17)9-19-3/h4-5,8,12-13,18H,6-7,9H2,1-3H3,(H,15,17)/t12-,13-,14+/m0/s1. The molecule has 0 unspecified atom stereocenters. The van der Waals surface area contributed by atoms with Crippen molar-refractivity contribution in [1.29, 1.82) is 0 Å². The van der Waals surface area contributed by atoms with Crippen LogP contribution in [0.2, 0.25) is 0 Å². The lowest BCUT2D eigenvalue weighted by Crippen LogP contribution is -2.62. The van der Waals surface area contributed by atoms with Crippen LogP contribution in [-0.4, -0.2) is 54.9 Å². The van der Waals surface area contributed by atoms with E-state index in [1.54, 1.807) is 18.3 Å². The summed E-state index contributed by atoms with van der Waals surface area (Å²) < 4.78 is 4.86. The number of aliphatic hydroxyl groups is 1. The van der Waals surface area contributed by atoms with E-state index in [2.05, 4.69) is 10.2 Å². The number of carbonyl (C=O) groups excluding carboxylic acids is 1. The minimum atomic E-state index is -0.926. The maximum Gasteiger partial charge on any atom is 0.246 e. The summed E-state index contributed by atoms with van der Waals surface area (Å²) in [6, 6.07) is 3.68. The van der Waals surface area contributed by atoms with E-state index in [0.29, 0.717) is 6.42 Å². The average Bonchev–Trinajstić information content (AvgIpc) is 2.88. The van der Waals surface area contributed by atoms with Crippen molar-refractivity contribution in [2.45, 2.75) is 31.0 Å². The first-order valence-corrected chi connectivity index (χ1v) is 7.58. The fourth-order valence-electron chi connectivity index (χ4n) is 2.71. The van der Waals surface area contributed by atoms with E-state index >= 15 is 0 Å². The Morgan fingerprint density at radius 1 is 1.70 bits per heavy atom. The number of rotatable bonds is 4. The summed E-state index contributed by atoms with van der Waals surface area (Å²) in [5.41, 5.74) is -0.926. The number of thiophene rings is 1. The van der Waals surface area contributed by atoms with Gasteiger partial charge in [-0.2, -0.15) is 0 Å². The third kappa shape index (κ3) is 3.20. The lowest BCUT2D eigenvalue weighted by Gasteiger charge is -2.47. The van der Waals surface area contributed by atoms with E-state index in [4.69, 9.17) is 4.74 Å². The van der Waals surface area contributed by atoms with Crippen LogP contribution in [0.25, 0.3) is 0 Å². The van der Waals surface area contributed by atoms with Gasteiger partial charge in [0.25, 0.3) is 0 Å². The maximum absolute atomic E-state index is 11.9. The van der Waals surface area contributed by atoms with Crippen LogP contribution in [0.4, 0.5) is 0 Å². The third-order valence-corrected chi connectivity index (χ3v) is 4.80. The highest BCUT2D eigenvalue weighted by Gasteiger charge is 2.45. The van der Waals surface area contributed by atoms with Gasteiger partial charge in [-0.05, 0) is 31.8 Å². The number of methoxy groups -OCH3 is 1. The molecular formula is C14H22N2O3S. The fourth-order valence-corrected chi connectivity index (χ4v) is 3.64. The Kier molecular flexibility index (Phi) is 4.80. The first kappa shape index (κ1) is 15.4. The van der Waals surface area contributed by atoms with Gasteiger partial charge in [0.1, 0.15) is 6.61 Å². The van der Waals surface area contributed by atoms with Crippen molar-refractivity contribution < 1.29 is 14.6 Å². The molecule has 0 aromatic carbocycles. The van der Waals surface area contributed by atoms with Gasteiger partial charge in [0.15, 0.2) is 0 Å². The Morgan fingerprint density at radius 2 is 2.45 bits per heavy atom. The van der Waals surface area contributed by atoms with Crippen LogP contribution in [0.15, 0.2) is 17.5 Å². The molecule has 2 N–H and O–H groups in total. The van der Waals surface area contributed by atoms with Crippen molar-refractivity contribution >= 4 is 17.2 Å². The molecule has 112 valence electrons. The molecule has 1 aliphatic rings. The van der Waals surface area contributed by atoms with Gasteiger partial charge in [-0.1, -0.05) is 6.07 Å². The molecule has 5 nitrogen and oxygen atoms in total. The van der Waals surface area contributed by atoms with Crippen molar-refractivity contribution in [3.63, 3.8) is 0 Å². The number of carbonyl (C=O) groups is 1. The minimum Gasteiger partial charge on any atom is -0.388 e. The zero-order chi connectivity index (χ0) is 14.8. The van der Waals surface area contributed by atoms with Crippen LogP contribution in [-0.2, 0) is 9.53 Å². The minimum absolute atomic E-state index is 0.00740. The maximum atomic E-state index is 11.9. The van der Waals surface area contributed by atoms with Gasteiger partial charge in [0.05, 0.1) is 17.7 Å². The summed E-state index contributed by atoms with van der Waals surface area (Å²) in [7, 11) is 3.51. The molecule has 1 amide bonds. The molecule has 1 aromatic heterocycles. The second-order valence-electron chi connectivity index (χ2n) is 5.53. The lowest BCUT2D eigenvalue weighted by atomic mass is 9.82. The van der Waals surface area contributed by atoms with Crippen molar-refractivity contribution in [3.8, 4) is 0 Å². The Bertz CT molecular complexity index is 447. The van der Waals surface area contributed by atoms with E-state index < -0.39 is 5.60 Å². The van der Waals surface area contributed by atoms with E-state index in [1.807, 2.05) is 24.6 Å². The van der Waals surface area contributed by atoms with Crippen molar-refractivity contribution in [1.82, 2.24) is 10.2 Å². The molecule has 0 saturated carbocycles. The average molecular weight is 298 g/mol. The molecule has 1 aliphatic heterocycles. The van der Waals surface area contributed by atoms with E-state index in [9.17, 15) is 9.90 Å². The number of ether oxygens (including phenoxy) is 1. The number of hydrogen-bond donors (Lipinski definition) is 2. The Labute approximate surface area is 123 Å². The number of piperidine rings is 1. The molecule has 20 heavy (non-hydrogen) atoms. The molecule has 0 aliphatic carbocycles. The largest absolute Gasteiger partial charge is 0.388 e. The molecule has 2 heterocycles. The monoisotopic (exact) mass is 298 g/mol. The molecule has 1 aromatic rings. The van der Waals surface area contributed by atoms with Gasteiger partial charge >= 0.3 is 0 Å². The third-order valence-electron chi connectivity index (χ3n) is 3.86. The van der Waals surface area contributed by atoms with E-state index in [1.165, 1.54) is 7.11 Å². The number of likely N-dealkylation sites (N-methyl/N-ethyl adjacent to an activating group) is 1. The molecule has 0 spiro atoms. The predicted molar refractivity (Wildman–Crippen MR) is 78.7 cm³/mol. The van der Waals surface area contributed by atoms with Crippen molar-refractivity contribution in [2.75, 3.05) is 27.3 Å². The zero-order valence-corrected chi connectivity index (χ0v) is 12.9. The van der Waals surface area contributed by atoms with Gasteiger partial charge in [0, 0.05) is 18.5 Å². The molecule has 3 atom stereocenters. The number of hydrogen-bond acceptors (Lipinski definition) is 5. The number of likely N-dealkylation sites (tertiary alicyclic amines) is 1. The smallest absolute Gasteiger partial charge is 0.246 e. The van der Waals surface area contributed by atoms with Gasteiger partial charge in [-0.25, -0.2) is 0 Å². The molecular weight excluding hydrogens is 276 g/mol. The van der Waals surface area contributed by atoms with E-state index in [-0.39, 0.29) is 24.6 Å². The molecule has 0 radical (unpaired) electrons. The highest BCUT2D eigenvalue weighted by atomic mass is 32.1. The summed E-state index contributed by atoms with van der Waals surface area (Å²) in [6.45, 7) is 2.60. The van der Waals surface area contributed by atoms with E-state index in [0.717, 1.165) is 11.4 Å². The quantitative estimate of drug-likeness (QED) is 0.871. The SMILES string of the molecule is COCC(=O)N[C@H]1[C@H](c2cccs2)N(C)CC[C@@]1(C)O. The fraction of sp³-hybridized carbons (Fsp3) is 0.643. The second-order valence-corrected chi connectivity index (χ2v) is 6.51. The van der Waals surface area contributed by atoms with Crippen LogP contribution in [0.3, 0.4) is 0 Å². The molecule has 0 bridgehead atoms. The molecule has 6 heteroatoms. The highest BCUT2D eigenvalue weighted by molar-refractivity contribution is 7.10. The first-order chi connectivity index (χ1) is 9.45. The number of nitrogens with one attached hydrogen (secondary N) is 1. The summed E-state index contributed by atoms with van der Waals surface area (Å²) in [6.07, 6.45) is 0.628. The van der Waals surface area contributed by atoms with Gasteiger partial charge in [0.2, 0.25) is 5.91 Å². The second kappa shape index (κ2) is 6.22. The van der Waals surface area contributed by atoms with Gasteiger partial charge in [-0.15, -0.1) is 11.3 Å². The Balaban J connectivity index is 2.25. The predicted octanol–water partition coefficient (Wildman–Crippen LogP) is 1.01. The van der Waals surface area contributed by atoms with Crippen LogP contribution < -0.4 is 5.32 Å². The number of amides is 1. The zero-order valence-electron chi connectivity index (χ0n) is 12.1. The number of nitrogens with zero attached hydrogens (tertiary/aromatic N) is 1. The van der Waals surface area contributed by atoms with Crippen LogP contribution in [0.5, 0.6) is 0 Å². The summed E-state index contributed by atoms with van der Waals surface area (Å²) >= 11 is 1.64. The first-order valence-electron chi connectivity index (χ1n) is 6.70. The summed E-state index contributed by atoms with van der Waals surface area (Å²) in [5, 5.41) is 15.6. The Hall–Kier alpha value is -0.950. The Morgan fingerprint density at radius 3 is 3.05 bits per heavy atom. The summed E-state index contributed by atoms with van der Waals surface area (Å²) in [5.74, 6) is -0.199. The molecule has 1 saturated heterocycles. The molecule has 2 rings (SSSR count). The normalized spacial score (nSPS) is 31.2.